The lowest BCUT2D eigenvalue weighted by Crippen LogP contribution is -2.41. The van der Waals surface area contributed by atoms with Crippen LogP contribution in [0.25, 0.3) is 0 Å². The fourth-order valence-corrected chi connectivity index (χ4v) is 5.64. The summed E-state index contributed by atoms with van der Waals surface area (Å²) in [4.78, 5) is 36.8. The van der Waals surface area contributed by atoms with Gasteiger partial charge >= 0.3 is 0 Å². The summed E-state index contributed by atoms with van der Waals surface area (Å²) in [6.45, 7) is 0.809. The molecular formula is C24H22ClF2N5O4S. The molecule has 5 rings (SSSR count). The third kappa shape index (κ3) is 5.08. The predicted molar refractivity (Wildman–Crippen MR) is 132 cm³/mol. The van der Waals surface area contributed by atoms with Crippen LogP contribution >= 0.6 is 22.9 Å². The van der Waals surface area contributed by atoms with Gasteiger partial charge < -0.3 is 14.5 Å². The number of halogens is 3. The van der Waals surface area contributed by atoms with E-state index >= 15 is 0 Å². The highest BCUT2D eigenvalue weighted by atomic mass is 35.5. The summed E-state index contributed by atoms with van der Waals surface area (Å²) in [6, 6.07) is 3.69. The van der Waals surface area contributed by atoms with Crippen molar-refractivity contribution < 1.29 is 23.1 Å². The van der Waals surface area contributed by atoms with E-state index in [0.717, 1.165) is 9.69 Å². The highest BCUT2D eigenvalue weighted by Crippen LogP contribution is 2.35. The number of oxime groups is 1. The highest BCUT2D eigenvalue weighted by Gasteiger charge is 2.31. The summed E-state index contributed by atoms with van der Waals surface area (Å²) in [5, 5.41) is 10.6. The van der Waals surface area contributed by atoms with Gasteiger partial charge in [0.25, 0.3) is 5.56 Å². The number of aromatic nitrogens is 3. The van der Waals surface area contributed by atoms with Gasteiger partial charge in [-0.2, -0.15) is 5.10 Å². The molecular weight excluding hydrogens is 528 g/mol. The molecule has 2 aliphatic heterocycles. The smallest absolute Gasteiger partial charge is 0.289 e. The van der Waals surface area contributed by atoms with Gasteiger partial charge in [0.1, 0.15) is 23.9 Å². The van der Waals surface area contributed by atoms with Crippen LogP contribution in [0, 0.1) is 11.6 Å². The number of ether oxygens (including phenoxy) is 1. The van der Waals surface area contributed by atoms with E-state index in [9.17, 15) is 18.4 Å². The van der Waals surface area contributed by atoms with Gasteiger partial charge in [-0.05, 0) is 25.0 Å². The number of thiazole rings is 1. The molecule has 9 nitrogen and oxygen atoms in total. The molecule has 1 amide bonds. The van der Waals surface area contributed by atoms with E-state index in [2.05, 4.69) is 10.3 Å². The van der Waals surface area contributed by atoms with Crippen LogP contribution in [0.4, 0.5) is 8.78 Å². The summed E-state index contributed by atoms with van der Waals surface area (Å²) >= 11 is 7.46. The number of likely N-dealkylation sites (tertiary alicyclic amines) is 1. The predicted octanol–water partition coefficient (Wildman–Crippen LogP) is 3.91. The quantitative estimate of drug-likeness (QED) is 0.462. The van der Waals surface area contributed by atoms with Gasteiger partial charge in [-0.1, -0.05) is 22.8 Å². The van der Waals surface area contributed by atoms with Crippen LogP contribution in [-0.4, -0.2) is 51.5 Å². The fraction of sp³-hybridized carbons (Fsp3) is 0.375. The van der Waals surface area contributed by atoms with Crippen molar-refractivity contribution in [1.82, 2.24) is 19.7 Å². The Balaban J connectivity index is 1.18. The largest absolute Gasteiger partial charge is 0.493 e. The second-order valence-electron chi connectivity index (χ2n) is 8.69. The fourth-order valence-electron chi connectivity index (χ4n) is 4.42. The molecule has 0 saturated carbocycles. The molecule has 1 aromatic carbocycles. The SMILES string of the molecule is COc1cnn(CC(=O)N2CCC(c3nc(C4=NO[C@H](c5c(F)cccc5F)C4)cs3)CC2)c(=O)c1Cl. The Morgan fingerprint density at radius 1 is 1.27 bits per heavy atom. The lowest BCUT2D eigenvalue weighted by molar-refractivity contribution is -0.133. The minimum absolute atomic E-state index is 0.119. The topological polar surface area (TPSA) is 98.9 Å². The van der Waals surface area contributed by atoms with Gasteiger partial charge in [0, 0.05) is 30.8 Å². The second-order valence-corrected chi connectivity index (χ2v) is 9.95. The summed E-state index contributed by atoms with van der Waals surface area (Å²) in [6.07, 6.45) is 2.10. The maximum Gasteiger partial charge on any atom is 0.289 e. The summed E-state index contributed by atoms with van der Waals surface area (Å²) in [5.41, 5.74) is 0.444. The molecule has 37 heavy (non-hydrogen) atoms. The molecule has 13 heteroatoms. The Kier molecular flexibility index (Phi) is 7.20. The first-order chi connectivity index (χ1) is 17.9. The van der Waals surface area contributed by atoms with Gasteiger partial charge in [-0.3, -0.25) is 9.59 Å². The molecule has 0 bridgehead atoms. The first kappa shape index (κ1) is 25.3. The van der Waals surface area contributed by atoms with Gasteiger partial charge in [-0.15, -0.1) is 11.3 Å². The molecule has 2 aliphatic rings. The average Bonchev–Trinajstić information content (AvgIpc) is 3.57. The Labute approximate surface area is 219 Å². The zero-order chi connectivity index (χ0) is 26.1. The van der Waals surface area contributed by atoms with E-state index in [1.165, 1.54) is 42.8 Å². The first-order valence-corrected chi connectivity index (χ1v) is 12.8. The van der Waals surface area contributed by atoms with Crippen molar-refractivity contribution in [3.05, 3.63) is 73.1 Å². The van der Waals surface area contributed by atoms with Crippen LogP contribution in [0.3, 0.4) is 0 Å². The lowest BCUT2D eigenvalue weighted by atomic mass is 9.97. The molecule has 1 saturated heterocycles. The number of methoxy groups -OCH3 is 1. The number of hydrogen-bond acceptors (Lipinski definition) is 8. The number of nitrogens with zero attached hydrogens (tertiary/aromatic N) is 5. The first-order valence-electron chi connectivity index (χ1n) is 11.6. The van der Waals surface area contributed by atoms with E-state index < -0.39 is 23.3 Å². The van der Waals surface area contributed by atoms with E-state index in [0.29, 0.717) is 37.3 Å². The Hall–Kier alpha value is -3.38. The molecule has 1 atom stereocenters. The molecule has 3 aromatic rings. The van der Waals surface area contributed by atoms with Gasteiger partial charge in [0.2, 0.25) is 5.91 Å². The number of rotatable bonds is 6. The highest BCUT2D eigenvalue weighted by molar-refractivity contribution is 7.10. The average molecular weight is 550 g/mol. The molecule has 0 aliphatic carbocycles. The van der Waals surface area contributed by atoms with Crippen molar-refractivity contribution in [3.8, 4) is 5.75 Å². The van der Waals surface area contributed by atoms with Crippen LogP contribution in [0.1, 0.15) is 47.5 Å². The maximum absolute atomic E-state index is 14.1. The molecule has 0 N–H and O–H groups in total. The third-order valence-corrected chi connectivity index (χ3v) is 7.82. The Morgan fingerprint density at radius 3 is 2.70 bits per heavy atom. The number of benzene rings is 1. The van der Waals surface area contributed by atoms with Crippen LogP contribution in [0.2, 0.25) is 5.02 Å². The monoisotopic (exact) mass is 549 g/mol. The van der Waals surface area contributed by atoms with Crippen molar-refractivity contribution in [3.63, 3.8) is 0 Å². The molecule has 1 fully saturated rings. The van der Waals surface area contributed by atoms with E-state index in [1.54, 1.807) is 4.90 Å². The summed E-state index contributed by atoms with van der Waals surface area (Å²) in [7, 11) is 1.38. The van der Waals surface area contributed by atoms with Gasteiger partial charge in [0.15, 0.2) is 16.9 Å². The molecule has 4 heterocycles. The lowest BCUT2D eigenvalue weighted by Gasteiger charge is -2.31. The van der Waals surface area contributed by atoms with Crippen LogP contribution in [0.5, 0.6) is 5.75 Å². The van der Waals surface area contributed by atoms with Crippen LogP contribution in [0.15, 0.2) is 39.7 Å². The zero-order valence-corrected chi connectivity index (χ0v) is 21.3. The van der Waals surface area contributed by atoms with Crippen molar-refractivity contribution in [2.45, 2.75) is 37.8 Å². The number of carbonyl (C=O) groups excluding carboxylic acids is 1. The number of carbonyl (C=O) groups is 1. The minimum atomic E-state index is -0.835. The van der Waals surface area contributed by atoms with Gasteiger partial charge in [0.05, 0.1) is 29.6 Å². The molecule has 2 aromatic heterocycles. The Bertz CT molecular complexity index is 1400. The molecule has 0 spiro atoms. The Morgan fingerprint density at radius 2 is 2.00 bits per heavy atom. The zero-order valence-electron chi connectivity index (χ0n) is 19.7. The van der Waals surface area contributed by atoms with Crippen molar-refractivity contribution in [2.24, 2.45) is 5.16 Å². The van der Waals surface area contributed by atoms with E-state index in [4.69, 9.17) is 26.2 Å². The van der Waals surface area contributed by atoms with Crippen molar-refractivity contribution in [2.75, 3.05) is 20.2 Å². The molecule has 0 radical (unpaired) electrons. The minimum Gasteiger partial charge on any atom is -0.493 e. The van der Waals surface area contributed by atoms with Crippen LogP contribution in [-0.2, 0) is 16.2 Å². The number of amides is 1. The van der Waals surface area contributed by atoms with Crippen molar-refractivity contribution >= 4 is 34.6 Å². The van der Waals surface area contributed by atoms with E-state index in [-0.39, 0.29) is 41.1 Å². The summed E-state index contributed by atoms with van der Waals surface area (Å²) in [5.74, 6) is -1.25. The normalized spacial score (nSPS) is 18.0. The standard InChI is InChI=1S/C24H22ClF2N5O4S/c1-35-19-10-28-32(24(34)22(19)25)11-20(33)31-7-5-13(6-8-31)23-29-17(12-37-23)16-9-18(36-30-16)21-14(26)3-2-4-15(21)27/h2-4,10,12-13,18H,5-9,11H2,1H3/t18-/m0/s1. The molecule has 194 valence electrons. The number of hydrogen-bond donors (Lipinski definition) is 0. The summed E-state index contributed by atoms with van der Waals surface area (Å²) < 4.78 is 34.2. The second kappa shape index (κ2) is 10.5. The van der Waals surface area contributed by atoms with Gasteiger partial charge in [-0.25, -0.2) is 18.4 Å². The van der Waals surface area contributed by atoms with Crippen molar-refractivity contribution in [1.29, 1.82) is 0 Å². The maximum atomic E-state index is 14.1. The van der Waals surface area contributed by atoms with E-state index in [1.807, 2.05) is 5.38 Å². The van der Waals surface area contributed by atoms with Crippen LogP contribution < -0.4 is 10.3 Å². The number of piperidine rings is 1. The molecule has 0 unspecified atom stereocenters. The third-order valence-electron chi connectivity index (χ3n) is 6.46.